The first-order valence-electron chi connectivity index (χ1n) is 14.8. The Balaban J connectivity index is 1.19. The number of carbonyl (C=O) groups is 2. The predicted octanol–water partition coefficient (Wildman–Crippen LogP) is 2.81. The van der Waals surface area contributed by atoms with Crippen LogP contribution in [0.1, 0.15) is 42.1 Å². The fraction of sp³-hybridized carbons (Fsp3) is 0.469. The van der Waals surface area contributed by atoms with Crippen LogP contribution in [0.4, 0.5) is 11.4 Å². The van der Waals surface area contributed by atoms with Gasteiger partial charge in [-0.05, 0) is 62.6 Å². The van der Waals surface area contributed by atoms with Crippen LogP contribution in [0, 0.1) is 10.8 Å². The van der Waals surface area contributed by atoms with E-state index < -0.39 is 5.41 Å². The molecule has 3 fully saturated rings. The highest BCUT2D eigenvalue weighted by molar-refractivity contribution is 6.09. The summed E-state index contributed by atoms with van der Waals surface area (Å²) >= 11 is 0. The number of aliphatic hydroxyl groups excluding tert-OH is 1. The first-order chi connectivity index (χ1) is 20.3. The lowest BCUT2D eigenvalue weighted by Crippen LogP contribution is -2.50. The van der Waals surface area contributed by atoms with E-state index in [-0.39, 0.29) is 24.5 Å². The maximum absolute atomic E-state index is 13.7. The summed E-state index contributed by atoms with van der Waals surface area (Å²) in [6.07, 6.45) is 4.59. The summed E-state index contributed by atoms with van der Waals surface area (Å²) < 4.78 is 5.55. The Hall–Kier alpha value is -3.89. The average Bonchev–Trinajstić information content (AvgIpc) is 3.36. The molecule has 5 rings (SSSR count). The summed E-state index contributed by atoms with van der Waals surface area (Å²) in [6, 6.07) is 13.6. The highest BCUT2D eigenvalue weighted by Crippen LogP contribution is 2.44. The first-order valence-corrected chi connectivity index (χ1v) is 14.8. The third-order valence-corrected chi connectivity index (χ3v) is 9.34. The monoisotopic (exact) mass is 574 g/mol. The number of allylic oxidation sites excluding steroid dienone is 1. The van der Waals surface area contributed by atoms with Crippen LogP contribution >= 0.6 is 0 Å². The minimum Gasteiger partial charge on any atom is -0.496 e. The summed E-state index contributed by atoms with van der Waals surface area (Å²) in [5.74, 6) is 0.672. The normalized spacial score (nSPS) is 20.2. The van der Waals surface area contributed by atoms with E-state index in [0.717, 1.165) is 44.0 Å². The molecule has 10 nitrogen and oxygen atoms in total. The molecule has 1 unspecified atom stereocenters. The lowest BCUT2D eigenvalue weighted by atomic mass is 9.77. The third kappa shape index (κ3) is 5.61. The van der Waals surface area contributed by atoms with Crippen molar-refractivity contribution in [1.82, 2.24) is 9.80 Å². The van der Waals surface area contributed by atoms with Gasteiger partial charge in [-0.3, -0.25) is 14.5 Å². The Morgan fingerprint density at radius 1 is 1.02 bits per heavy atom. The molecule has 3 aliphatic heterocycles. The number of likely N-dealkylation sites (tertiary alicyclic amines) is 1. The molecular formula is C32H42N6O4. The number of benzene rings is 2. The molecule has 0 bridgehead atoms. The van der Waals surface area contributed by atoms with Crippen molar-refractivity contribution in [3.63, 3.8) is 0 Å². The smallest absolute Gasteiger partial charge is 0.253 e. The molecule has 4 N–H and O–H groups in total. The molecule has 224 valence electrons. The maximum Gasteiger partial charge on any atom is 0.253 e. The molecule has 0 saturated carbocycles. The van der Waals surface area contributed by atoms with Crippen LogP contribution in [0.25, 0.3) is 5.57 Å². The Kier molecular flexibility index (Phi) is 8.84. The van der Waals surface area contributed by atoms with Crippen molar-refractivity contribution in [1.29, 1.82) is 5.41 Å². The van der Waals surface area contributed by atoms with Crippen molar-refractivity contribution in [3.05, 3.63) is 59.8 Å². The van der Waals surface area contributed by atoms with Gasteiger partial charge in [0, 0.05) is 98.4 Å². The molecule has 0 aromatic heterocycles. The van der Waals surface area contributed by atoms with Crippen molar-refractivity contribution in [2.75, 3.05) is 69.3 Å². The quantitative estimate of drug-likeness (QED) is 0.414. The van der Waals surface area contributed by atoms with Gasteiger partial charge in [-0.25, -0.2) is 0 Å². The van der Waals surface area contributed by atoms with E-state index in [4.69, 9.17) is 15.9 Å². The summed E-state index contributed by atoms with van der Waals surface area (Å²) in [5.41, 5.74) is 9.00. The first kappa shape index (κ1) is 29.6. The van der Waals surface area contributed by atoms with Crippen molar-refractivity contribution in [2.24, 2.45) is 11.1 Å². The second-order valence-corrected chi connectivity index (χ2v) is 11.5. The molecule has 0 radical (unpaired) electrons. The second-order valence-electron chi connectivity index (χ2n) is 11.5. The molecule has 3 aliphatic rings. The number of nitrogens with two attached hydrogens (primary N) is 1. The second kappa shape index (κ2) is 12.5. The zero-order chi connectivity index (χ0) is 29.9. The number of nitrogens with one attached hydrogen (secondary N) is 1. The van der Waals surface area contributed by atoms with Crippen LogP contribution in [0.15, 0.2) is 48.7 Å². The number of nitrogens with zero attached hydrogens (tertiary/aromatic N) is 4. The molecule has 1 atom stereocenters. The van der Waals surface area contributed by atoms with E-state index in [1.165, 1.54) is 12.4 Å². The van der Waals surface area contributed by atoms with Gasteiger partial charge in [-0.2, -0.15) is 0 Å². The molecule has 2 aromatic rings. The van der Waals surface area contributed by atoms with Crippen LogP contribution in [0.2, 0.25) is 0 Å². The van der Waals surface area contributed by atoms with E-state index in [1.807, 2.05) is 59.2 Å². The Morgan fingerprint density at radius 3 is 2.26 bits per heavy atom. The standard InChI is InChI=1S/C32H42N6O4/c1-23(22-39)35-15-17-36(18-16-35)26-5-3-24(4-6-26)30(40)37-12-9-32(10-13-37)11-14-38(31(32)41)27-7-8-28(25(20-33)21-34)29(19-27)42-2/h3-8,19-21,23,33,39H,9-18,22,34H2,1-2H3/b25-21+,33-20?. The number of piperidine rings is 1. The lowest BCUT2D eigenvalue weighted by molar-refractivity contribution is -0.127. The number of hydrogen-bond donors (Lipinski definition) is 3. The van der Waals surface area contributed by atoms with Gasteiger partial charge < -0.3 is 35.7 Å². The summed E-state index contributed by atoms with van der Waals surface area (Å²) in [6.45, 7) is 7.54. The summed E-state index contributed by atoms with van der Waals surface area (Å²) in [7, 11) is 1.57. The molecule has 10 heteroatoms. The van der Waals surface area contributed by atoms with Crippen LogP contribution in [-0.2, 0) is 4.79 Å². The topological polar surface area (TPSA) is 126 Å². The predicted molar refractivity (Wildman–Crippen MR) is 165 cm³/mol. The highest BCUT2D eigenvalue weighted by Gasteiger charge is 2.49. The Bertz CT molecular complexity index is 1330. The number of ether oxygens (including phenoxy) is 1. The average molecular weight is 575 g/mol. The van der Waals surface area contributed by atoms with E-state index in [0.29, 0.717) is 54.9 Å². The van der Waals surface area contributed by atoms with Gasteiger partial charge in [-0.15, -0.1) is 0 Å². The molecule has 1 spiro atoms. The van der Waals surface area contributed by atoms with E-state index in [1.54, 1.807) is 7.11 Å². The van der Waals surface area contributed by atoms with Crippen molar-refractivity contribution < 1.29 is 19.4 Å². The van der Waals surface area contributed by atoms with Gasteiger partial charge in [0.05, 0.1) is 19.1 Å². The zero-order valence-electron chi connectivity index (χ0n) is 24.6. The van der Waals surface area contributed by atoms with E-state index in [2.05, 4.69) is 9.80 Å². The number of anilines is 2. The number of rotatable bonds is 8. The lowest BCUT2D eigenvalue weighted by Gasteiger charge is -2.39. The molecule has 3 saturated heterocycles. The maximum atomic E-state index is 13.7. The number of aliphatic hydroxyl groups is 1. The minimum atomic E-state index is -0.459. The van der Waals surface area contributed by atoms with Crippen LogP contribution in [0.5, 0.6) is 5.75 Å². The van der Waals surface area contributed by atoms with Gasteiger partial charge >= 0.3 is 0 Å². The van der Waals surface area contributed by atoms with Crippen LogP contribution < -0.4 is 20.3 Å². The Labute approximate surface area is 247 Å². The van der Waals surface area contributed by atoms with Gasteiger partial charge in [0.15, 0.2) is 0 Å². The van der Waals surface area contributed by atoms with Gasteiger partial charge in [0.2, 0.25) is 5.91 Å². The Morgan fingerprint density at radius 2 is 1.67 bits per heavy atom. The van der Waals surface area contributed by atoms with Crippen LogP contribution in [0.3, 0.4) is 0 Å². The highest BCUT2D eigenvalue weighted by atomic mass is 16.5. The van der Waals surface area contributed by atoms with Crippen molar-refractivity contribution in [2.45, 2.75) is 32.2 Å². The number of amides is 2. The van der Waals surface area contributed by atoms with Crippen LogP contribution in [-0.4, -0.2) is 98.5 Å². The minimum absolute atomic E-state index is 0.00979. The molecule has 2 amide bonds. The van der Waals surface area contributed by atoms with Gasteiger partial charge in [0.25, 0.3) is 5.91 Å². The fourth-order valence-electron chi connectivity index (χ4n) is 6.50. The number of carbonyl (C=O) groups excluding carboxylic acids is 2. The number of methoxy groups -OCH3 is 1. The zero-order valence-corrected chi connectivity index (χ0v) is 24.6. The van der Waals surface area contributed by atoms with E-state index in [9.17, 15) is 14.7 Å². The SMILES string of the molecule is COc1cc(N2CCC3(CCN(C(=O)c4ccc(N5CCN(C(C)CO)CC5)cc4)CC3)C2=O)ccc1/C(C=N)=C/N. The van der Waals surface area contributed by atoms with Gasteiger partial charge in [0.1, 0.15) is 5.75 Å². The summed E-state index contributed by atoms with van der Waals surface area (Å²) in [5, 5.41) is 17.0. The third-order valence-electron chi connectivity index (χ3n) is 9.34. The largest absolute Gasteiger partial charge is 0.496 e. The van der Waals surface area contributed by atoms with E-state index >= 15 is 0 Å². The fourth-order valence-corrected chi connectivity index (χ4v) is 6.50. The number of piperazine rings is 1. The van der Waals surface area contributed by atoms with Crippen molar-refractivity contribution >= 4 is 35.0 Å². The number of hydrogen-bond acceptors (Lipinski definition) is 8. The van der Waals surface area contributed by atoms with Crippen molar-refractivity contribution in [3.8, 4) is 5.75 Å². The molecule has 42 heavy (non-hydrogen) atoms. The molecule has 2 aromatic carbocycles. The molecular weight excluding hydrogens is 532 g/mol. The molecule has 0 aliphatic carbocycles. The molecule has 3 heterocycles. The summed E-state index contributed by atoms with van der Waals surface area (Å²) in [4.78, 5) is 35.4. The van der Waals surface area contributed by atoms with Gasteiger partial charge in [-0.1, -0.05) is 0 Å².